The maximum Gasteiger partial charge on any atom is 0.0627 e. The van der Waals surface area contributed by atoms with Crippen LogP contribution in [0.15, 0.2) is 24.3 Å². The van der Waals surface area contributed by atoms with Gasteiger partial charge in [-0.25, -0.2) is 0 Å². The van der Waals surface area contributed by atoms with E-state index in [9.17, 15) is 4.79 Å². The van der Waals surface area contributed by atoms with E-state index in [1.54, 1.807) is 12.1 Å². The number of hydrogen-bond donors (Lipinski definition) is 0. The summed E-state index contributed by atoms with van der Waals surface area (Å²) in [6.07, 6.45) is 1.82. The fraction of sp³-hybridized carbons (Fsp3) is 0.333. The normalized spacial score (nSPS) is 6.21. The van der Waals surface area contributed by atoms with E-state index in [-0.39, 0.29) is 47.6 Å². The standard InChI is InChI=1S/C8H7O.C2H6.CH4.CH3.Y/c1-7-3-2-4-8(5-7)6-9;1-2;;;/h2-5H,1H3;1-2H3;1H4;1H3;/q-1;;;-1;. The Hall–Kier alpha value is -0.00610. The fourth-order valence-corrected chi connectivity index (χ4v) is 0.709. The Balaban J connectivity index is -0.0000000942. The molecule has 14 heavy (non-hydrogen) atoms. The number of hydrogen-bond acceptors (Lipinski definition) is 1. The zero-order chi connectivity index (χ0) is 8.69. The average Bonchev–Trinajstić information content (AvgIpc) is 2.08. The van der Waals surface area contributed by atoms with Crippen molar-refractivity contribution in [1.29, 1.82) is 0 Å². The Kier molecular flexibility index (Phi) is 26.1. The minimum absolute atomic E-state index is 0. The molecule has 0 bridgehead atoms. The van der Waals surface area contributed by atoms with E-state index in [2.05, 4.69) is 0 Å². The van der Waals surface area contributed by atoms with Crippen LogP contribution in [0.1, 0.15) is 32.4 Å². The van der Waals surface area contributed by atoms with Crippen LogP contribution < -0.4 is 0 Å². The SMILES string of the molecule is C.CC.Cc1cccc([C-]=O)c1.[CH3-].[Y]. The van der Waals surface area contributed by atoms with Crippen molar-refractivity contribution in [1.82, 2.24) is 0 Å². The van der Waals surface area contributed by atoms with Crippen LogP contribution in [0, 0.1) is 14.4 Å². The van der Waals surface area contributed by atoms with Gasteiger partial charge in [0.2, 0.25) is 0 Å². The van der Waals surface area contributed by atoms with Crippen LogP contribution in [0.3, 0.4) is 0 Å². The van der Waals surface area contributed by atoms with Crippen molar-refractivity contribution in [2.45, 2.75) is 28.2 Å². The van der Waals surface area contributed by atoms with Gasteiger partial charge in [0.15, 0.2) is 0 Å². The molecule has 0 aliphatic rings. The molecule has 1 nitrogen and oxygen atoms in total. The number of carbonyl (C=O) groups excluding carboxylic acids is 1. The number of benzene rings is 1. The molecule has 0 amide bonds. The van der Waals surface area contributed by atoms with Crippen LogP contribution in [0.5, 0.6) is 0 Å². The van der Waals surface area contributed by atoms with Crippen molar-refractivity contribution in [3.05, 3.63) is 42.8 Å². The first-order valence-electron chi connectivity index (χ1n) is 3.78. The molecule has 0 saturated carbocycles. The Morgan fingerprint density at radius 3 is 2.00 bits per heavy atom. The molecule has 0 unspecified atom stereocenters. The molecule has 1 aromatic rings. The van der Waals surface area contributed by atoms with Gasteiger partial charge >= 0.3 is 0 Å². The first-order chi connectivity index (χ1) is 5.33. The van der Waals surface area contributed by atoms with E-state index in [1.165, 1.54) is 0 Å². The summed E-state index contributed by atoms with van der Waals surface area (Å²) >= 11 is 0. The summed E-state index contributed by atoms with van der Waals surface area (Å²) in [4.78, 5) is 10.0. The molecular formula is C12H20OY-2. The summed E-state index contributed by atoms with van der Waals surface area (Å²) < 4.78 is 0. The third-order valence-corrected chi connectivity index (χ3v) is 1.14. The van der Waals surface area contributed by atoms with Gasteiger partial charge in [0.1, 0.15) is 0 Å². The monoisotopic (exact) mass is 269 g/mol. The maximum atomic E-state index is 10.0. The summed E-state index contributed by atoms with van der Waals surface area (Å²) in [6, 6.07) is 7.32. The first-order valence-corrected chi connectivity index (χ1v) is 3.78. The molecule has 2 heteroatoms. The van der Waals surface area contributed by atoms with Crippen molar-refractivity contribution < 1.29 is 37.5 Å². The van der Waals surface area contributed by atoms with E-state index in [1.807, 2.05) is 39.2 Å². The molecule has 1 radical (unpaired) electrons. The minimum Gasteiger partial charge on any atom is -0.376 e. The van der Waals surface area contributed by atoms with Crippen LogP contribution in [0.25, 0.3) is 0 Å². The Labute approximate surface area is 114 Å². The largest absolute Gasteiger partial charge is 0.376 e. The predicted molar refractivity (Wildman–Crippen MR) is 60.5 cm³/mol. The third-order valence-electron chi connectivity index (χ3n) is 1.14. The number of rotatable bonds is 1. The molecular weight excluding hydrogens is 249 g/mol. The van der Waals surface area contributed by atoms with Gasteiger partial charge in [0.25, 0.3) is 0 Å². The summed E-state index contributed by atoms with van der Waals surface area (Å²) in [7, 11) is 0. The van der Waals surface area contributed by atoms with Crippen molar-refractivity contribution in [3.63, 3.8) is 0 Å². The second-order valence-electron chi connectivity index (χ2n) is 1.97. The molecule has 0 aromatic heterocycles. The topological polar surface area (TPSA) is 17.1 Å². The Morgan fingerprint density at radius 1 is 1.21 bits per heavy atom. The van der Waals surface area contributed by atoms with Crippen molar-refractivity contribution in [3.8, 4) is 0 Å². The van der Waals surface area contributed by atoms with Crippen molar-refractivity contribution >= 4 is 6.29 Å². The molecule has 0 saturated heterocycles. The van der Waals surface area contributed by atoms with Gasteiger partial charge in [-0.1, -0.05) is 34.3 Å². The van der Waals surface area contributed by atoms with Crippen molar-refractivity contribution in [2.24, 2.45) is 0 Å². The van der Waals surface area contributed by atoms with E-state index in [0.717, 1.165) is 5.56 Å². The van der Waals surface area contributed by atoms with Gasteiger partial charge in [-0.3, -0.25) is 0 Å². The van der Waals surface area contributed by atoms with Crippen LogP contribution in [0.4, 0.5) is 0 Å². The summed E-state index contributed by atoms with van der Waals surface area (Å²) in [5.74, 6) is 0. The smallest absolute Gasteiger partial charge is 0.0627 e. The van der Waals surface area contributed by atoms with E-state index < -0.39 is 0 Å². The maximum absolute atomic E-state index is 10.0. The predicted octanol–water partition coefficient (Wildman–Crippen LogP) is 3.56. The zero-order valence-corrected chi connectivity index (χ0v) is 11.6. The first kappa shape index (κ1) is 23.7. The van der Waals surface area contributed by atoms with E-state index in [4.69, 9.17) is 0 Å². The van der Waals surface area contributed by atoms with Gasteiger partial charge in [-0.05, 0) is 0 Å². The van der Waals surface area contributed by atoms with Crippen LogP contribution >= 0.6 is 0 Å². The quantitative estimate of drug-likeness (QED) is 0.712. The Bertz CT molecular complexity index is 221. The average molecular weight is 269 g/mol. The van der Waals surface area contributed by atoms with E-state index >= 15 is 0 Å². The fourth-order valence-electron chi connectivity index (χ4n) is 0.709. The summed E-state index contributed by atoms with van der Waals surface area (Å²) in [6.45, 7) is 5.95. The second-order valence-corrected chi connectivity index (χ2v) is 1.97. The third kappa shape index (κ3) is 10.1. The van der Waals surface area contributed by atoms with Crippen molar-refractivity contribution in [2.75, 3.05) is 0 Å². The minimum atomic E-state index is 0. The van der Waals surface area contributed by atoms with Gasteiger partial charge in [0, 0.05) is 32.7 Å². The second kappa shape index (κ2) is 15.5. The molecule has 0 fully saturated rings. The van der Waals surface area contributed by atoms with Gasteiger partial charge in [0.05, 0.1) is 6.29 Å². The van der Waals surface area contributed by atoms with E-state index in [0.29, 0.717) is 5.56 Å². The molecule has 79 valence electrons. The van der Waals surface area contributed by atoms with Gasteiger partial charge in [-0.15, -0.1) is 11.6 Å². The number of aryl methyl sites for hydroxylation is 1. The molecule has 0 spiro atoms. The molecule has 1 rings (SSSR count). The summed E-state index contributed by atoms with van der Waals surface area (Å²) in [5.41, 5.74) is 1.71. The zero-order valence-electron chi connectivity index (χ0n) is 8.79. The molecule has 0 heterocycles. The van der Waals surface area contributed by atoms with Gasteiger partial charge in [-0.2, -0.15) is 17.7 Å². The van der Waals surface area contributed by atoms with Crippen LogP contribution in [-0.2, 0) is 37.5 Å². The Morgan fingerprint density at radius 2 is 1.71 bits per heavy atom. The summed E-state index contributed by atoms with van der Waals surface area (Å²) in [5, 5.41) is 0. The molecule has 0 N–H and O–H groups in total. The molecule has 0 aliphatic carbocycles. The molecule has 0 atom stereocenters. The molecule has 1 aromatic carbocycles. The van der Waals surface area contributed by atoms with Crippen LogP contribution in [0.2, 0.25) is 0 Å². The molecule has 0 aliphatic heterocycles. The van der Waals surface area contributed by atoms with Gasteiger partial charge < -0.3 is 12.2 Å². The van der Waals surface area contributed by atoms with Crippen LogP contribution in [-0.4, -0.2) is 6.29 Å².